The Bertz CT molecular complexity index is 396. The maximum absolute atomic E-state index is 3.51. The fourth-order valence-electron chi connectivity index (χ4n) is 3.62. The average Bonchev–Trinajstić information content (AvgIpc) is 2.49. The fraction of sp³-hybridized carbons (Fsp3) is 0.667. The van der Waals surface area contributed by atoms with Crippen molar-refractivity contribution < 1.29 is 0 Å². The summed E-state index contributed by atoms with van der Waals surface area (Å²) >= 11 is 0. The van der Waals surface area contributed by atoms with Crippen molar-refractivity contribution >= 4 is 0 Å². The van der Waals surface area contributed by atoms with Gasteiger partial charge in [-0.05, 0) is 65.5 Å². The number of likely N-dealkylation sites (tertiary alicyclic amines) is 1. The van der Waals surface area contributed by atoms with Crippen LogP contribution in [0.2, 0.25) is 0 Å². The van der Waals surface area contributed by atoms with Crippen LogP contribution in [-0.4, -0.2) is 56.6 Å². The third-order valence-electron chi connectivity index (χ3n) is 4.80. The summed E-state index contributed by atoms with van der Waals surface area (Å²) in [5.41, 5.74) is 1.39. The largest absolute Gasteiger partial charge is 0.312 e. The second-order valence-electron chi connectivity index (χ2n) is 6.66. The lowest BCUT2D eigenvalue weighted by Gasteiger charge is -2.40. The number of hydrogen-bond acceptors (Lipinski definition) is 3. The minimum Gasteiger partial charge on any atom is -0.312 e. The molecule has 21 heavy (non-hydrogen) atoms. The number of hydrogen-bond donors (Lipinski definition) is 1. The van der Waals surface area contributed by atoms with Crippen LogP contribution in [0.15, 0.2) is 30.3 Å². The van der Waals surface area contributed by atoms with E-state index in [-0.39, 0.29) is 0 Å². The lowest BCUT2D eigenvalue weighted by atomic mass is 9.92. The summed E-state index contributed by atoms with van der Waals surface area (Å²) in [4.78, 5) is 4.98. The molecule has 0 bridgehead atoms. The van der Waals surface area contributed by atoms with Crippen LogP contribution in [0.1, 0.15) is 31.4 Å². The predicted octanol–water partition coefficient (Wildman–Crippen LogP) is 2.61. The summed E-state index contributed by atoms with van der Waals surface area (Å²) in [6, 6.07) is 11.8. The highest BCUT2D eigenvalue weighted by Gasteiger charge is 2.27. The van der Waals surface area contributed by atoms with Crippen LogP contribution < -0.4 is 5.32 Å². The highest BCUT2D eigenvalue weighted by Crippen LogP contribution is 2.25. The summed E-state index contributed by atoms with van der Waals surface area (Å²) in [7, 11) is 6.44. The van der Waals surface area contributed by atoms with Crippen LogP contribution in [0.4, 0.5) is 0 Å². The molecule has 1 aliphatic rings. The van der Waals surface area contributed by atoms with Crippen molar-refractivity contribution in [2.45, 2.75) is 31.8 Å². The number of nitrogens with zero attached hydrogens (tertiary/aromatic N) is 2. The van der Waals surface area contributed by atoms with Crippen molar-refractivity contribution in [2.24, 2.45) is 5.92 Å². The van der Waals surface area contributed by atoms with Gasteiger partial charge in [0.1, 0.15) is 0 Å². The first-order chi connectivity index (χ1) is 10.1. The van der Waals surface area contributed by atoms with Crippen molar-refractivity contribution in [2.75, 3.05) is 40.8 Å². The molecule has 1 saturated heterocycles. The molecule has 3 heteroatoms. The lowest BCUT2D eigenvalue weighted by Crippen LogP contribution is -2.46. The van der Waals surface area contributed by atoms with Gasteiger partial charge in [-0.25, -0.2) is 0 Å². The average molecular weight is 289 g/mol. The third kappa shape index (κ3) is 4.53. The molecule has 1 fully saturated rings. The Hall–Kier alpha value is -0.900. The number of likely N-dealkylation sites (N-methyl/N-ethyl adjacent to an activating group) is 1. The molecule has 0 amide bonds. The van der Waals surface area contributed by atoms with Gasteiger partial charge in [0.25, 0.3) is 0 Å². The van der Waals surface area contributed by atoms with Crippen LogP contribution in [0.5, 0.6) is 0 Å². The first kappa shape index (κ1) is 16.5. The summed E-state index contributed by atoms with van der Waals surface area (Å²) in [6.07, 6.45) is 2.65. The van der Waals surface area contributed by atoms with Gasteiger partial charge in [-0.2, -0.15) is 0 Å². The molecule has 2 rings (SSSR count). The Balaban J connectivity index is 1.92. The molecule has 1 aromatic rings. The molecule has 1 aliphatic heterocycles. The van der Waals surface area contributed by atoms with E-state index in [2.05, 4.69) is 73.5 Å². The molecule has 0 aromatic heterocycles. The Labute approximate surface area is 130 Å². The van der Waals surface area contributed by atoms with Gasteiger partial charge in [-0.1, -0.05) is 30.3 Å². The van der Waals surface area contributed by atoms with E-state index in [1.807, 2.05) is 0 Å². The summed E-state index contributed by atoms with van der Waals surface area (Å²) in [5, 5.41) is 3.51. The van der Waals surface area contributed by atoms with Crippen molar-refractivity contribution in [3.63, 3.8) is 0 Å². The number of benzene rings is 1. The normalized spacial score (nSPS) is 20.6. The van der Waals surface area contributed by atoms with E-state index in [9.17, 15) is 0 Å². The highest BCUT2D eigenvalue weighted by atomic mass is 15.2. The Morgan fingerprint density at radius 3 is 2.33 bits per heavy atom. The molecule has 2 atom stereocenters. The van der Waals surface area contributed by atoms with Crippen LogP contribution in [-0.2, 0) is 0 Å². The second kappa shape index (κ2) is 7.92. The van der Waals surface area contributed by atoms with E-state index < -0.39 is 0 Å². The summed E-state index contributed by atoms with van der Waals surface area (Å²) in [5.74, 6) is 0.869. The van der Waals surface area contributed by atoms with Crippen LogP contribution in [0.25, 0.3) is 0 Å². The van der Waals surface area contributed by atoms with Gasteiger partial charge in [0.15, 0.2) is 0 Å². The predicted molar refractivity (Wildman–Crippen MR) is 90.6 cm³/mol. The molecule has 1 aromatic carbocycles. The van der Waals surface area contributed by atoms with Crippen molar-refractivity contribution in [3.8, 4) is 0 Å². The maximum atomic E-state index is 3.51. The maximum Gasteiger partial charge on any atom is 0.0473 e. The molecular weight excluding hydrogens is 258 g/mol. The Morgan fingerprint density at radius 1 is 1.19 bits per heavy atom. The zero-order valence-electron chi connectivity index (χ0n) is 14.0. The van der Waals surface area contributed by atoms with Gasteiger partial charge in [0, 0.05) is 18.6 Å². The molecule has 0 spiro atoms. The lowest BCUT2D eigenvalue weighted by molar-refractivity contribution is 0.108. The third-order valence-corrected chi connectivity index (χ3v) is 4.80. The molecule has 0 saturated carbocycles. The SMILES string of the molecule is CNC(c1ccccc1)C(C)N1CCC(CN(C)C)CC1. The molecule has 0 aliphatic carbocycles. The van der Waals surface area contributed by atoms with E-state index in [1.54, 1.807) is 0 Å². The van der Waals surface area contributed by atoms with Gasteiger partial charge in [-0.15, -0.1) is 0 Å². The van der Waals surface area contributed by atoms with Crippen LogP contribution in [0.3, 0.4) is 0 Å². The van der Waals surface area contributed by atoms with E-state index in [0.29, 0.717) is 12.1 Å². The van der Waals surface area contributed by atoms with Gasteiger partial charge >= 0.3 is 0 Å². The number of piperidine rings is 1. The van der Waals surface area contributed by atoms with Crippen LogP contribution >= 0.6 is 0 Å². The highest BCUT2D eigenvalue weighted by molar-refractivity contribution is 5.20. The molecule has 0 radical (unpaired) electrons. The summed E-state index contributed by atoms with van der Waals surface area (Å²) < 4.78 is 0. The van der Waals surface area contributed by atoms with E-state index in [4.69, 9.17) is 0 Å². The summed E-state index contributed by atoms with van der Waals surface area (Å²) in [6.45, 7) is 6.05. The standard InChI is InChI=1S/C18H31N3/c1-15(18(19-2)17-8-6-5-7-9-17)21-12-10-16(11-13-21)14-20(3)4/h5-9,15-16,18-19H,10-14H2,1-4H3. The van der Waals surface area contributed by atoms with Gasteiger partial charge in [-0.3, -0.25) is 4.90 Å². The molecule has 3 nitrogen and oxygen atoms in total. The number of nitrogens with one attached hydrogen (secondary N) is 1. The zero-order chi connectivity index (χ0) is 15.2. The number of rotatable bonds is 6. The minimum atomic E-state index is 0.414. The van der Waals surface area contributed by atoms with Crippen molar-refractivity contribution in [1.29, 1.82) is 0 Å². The van der Waals surface area contributed by atoms with Crippen molar-refractivity contribution in [1.82, 2.24) is 15.1 Å². The van der Waals surface area contributed by atoms with Gasteiger partial charge in [0.05, 0.1) is 0 Å². The van der Waals surface area contributed by atoms with Gasteiger partial charge < -0.3 is 10.2 Å². The fourth-order valence-corrected chi connectivity index (χ4v) is 3.62. The second-order valence-corrected chi connectivity index (χ2v) is 6.66. The molecule has 1 heterocycles. The van der Waals surface area contributed by atoms with E-state index in [0.717, 1.165) is 5.92 Å². The molecular formula is C18H31N3. The van der Waals surface area contributed by atoms with E-state index >= 15 is 0 Å². The topological polar surface area (TPSA) is 18.5 Å². The van der Waals surface area contributed by atoms with Gasteiger partial charge in [0.2, 0.25) is 0 Å². The quantitative estimate of drug-likeness (QED) is 0.868. The molecule has 1 N–H and O–H groups in total. The monoisotopic (exact) mass is 289 g/mol. The zero-order valence-corrected chi connectivity index (χ0v) is 14.0. The Morgan fingerprint density at radius 2 is 1.81 bits per heavy atom. The van der Waals surface area contributed by atoms with E-state index in [1.165, 1.54) is 38.0 Å². The first-order valence-corrected chi connectivity index (χ1v) is 8.22. The van der Waals surface area contributed by atoms with Crippen molar-refractivity contribution in [3.05, 3.63) is 35.9 Å². The Kier molecular flexibility index (Phi) is 6.22. The first-order valence-electron chi connectivity index (χ1n) is 8.22. The minimum absolute atomic E-state index is 0.414. The smallest absolute Gasteiger partial charge is 0.0473 e. The van der Waals surface area contributed by atoms with Crippen LogP contribution in [0, 0.1) is 5.92 Å². The molecule has 2 unspecified atom stereocenters. The molecule has 118 valence electrons.